The molecule has 0 atom stereocenters. The van der Waals surface area contributed by atoms with Crippen LogP contribution in [0.4, 0.5) is 13.2 Å². The first-order valence-electron chi connectivity index (χ1n) is 6.12. The molecule has 0 saturated heterocycles. The van der Waals surface area contributed by atoms with Gasteiger partial charge in [0.15, 0.2) is 5.69 Å². The maximum Gasteiger partial charge on any atom is 0.434 e. The summed E-state index contributed by atoms with van der Waals surface area (Å²) < 4.78 is 43.3. The molecule has 22 heavy (non-hydrogen) atoms. The van der Waals surface area contributed by atoms with Crippen LogP contribution in [0.25, 0.3) is 0 Å². The van der Waals surface area contributed by atoms with Gasteiger partial charge in [0.1, 0.15) is 5.75 Å². The van der Waals surface area contributed by atoms with Gasteiger partial charge in [-0.3, -0.25) is 4.98 Å². The molecule has 0 aliphatic carbocycles. The lowest BCUT2D eigenvalue weighted by Gasteiger charge is -2.10. The minimum atomic E-state index is -4.74. The van der Waals surface area contributed by atoms with E-state index in [1.54, 1.807) is 12.1 Å². The molecule has 0 fully saturated rings. The molecular formula is C15H9F3N2O2. The number of benzene rings is 1. The van der Waals surface area contributed by atoms with Crippen molar-refractivity contribution in [3.8, 4) is 11.8 Å². The summed E-state index contributed by atoms with van der Waals surface area (Å²) in [6.45, 7) is 0. The molecular weight excluding hydrogens is 297 g/mol. The van der Waals surface area contributed by atoms with E-state index in [1.165, 1.54) is 18.2 Å². The highest BCUT2D eigenvalue weighted by molar-refractivity contribution is 5.92. The molecule has 0 unspecified atom stereocenters. The summed E-state index contributed by atoms with van der Waals surface area (Å²) in [5, 5.41) is 8.54. The van der Waals surface area contributed by atoms with Crippen LogP contribution in [0.5, 0.6) is 5.75 Å². The van der Waals surface area contributed by atoms with Gasteiger partial charge in [-0.25, -0.2) is 4.79 Å². The fraction of sp³-hybridized carbons (Fsp3) is 0.133. The highest BCUT2D eigenvalue weighted by Gasteiger charge is 2.37. The van der Waals surface area contributed by atoms with Crippen LogP contribution in [0.3, 0.4) is 0 Å². The van der Waals surface area contributed by atoms with Gasteiger partial charge in [-0.05, 0) is 29.8 Å². The Kier molecular flexibility index (Phi) is 4.41. The second-order valence-electron chi connectivity index (χ2n) is 4.27. The molecule has 2 aromatic rings. The molecule has 4 nitrogen and oxygen atoms in total. The number of hydrogen-bond acceptors (Lipinski definition) is 4. The van der Waals surface area contributed by atoms with E-state index in [0.29, 0.717) is 5.56 Å². The van der Waals surface area contributed by atoms with Gasteiger partial charge < -0.3 is 4.74 Å². The van der Waals surface area contributed by atoms with Crippen LogP contribution in [-0.4, -0.2) is 11.0 Å². The van der Waals surface area contributed by atoms with Crippen molar-refractivity contribution in [2.75, 3.05) is 0 Å². The maximum atomic E-state index is 12.8. The molecule has 0 N–H and O–H groups in total. The Morgan fingerprint density at radius 3 is 2.50 bits per heavy atom. The van der Waals surface area contributed by atoms with Crippen molar-refractivity contribution in [1.82, 2.24) is 4.98 Å². The minimum Gasteiger partial charge on any atom is -0.423 e. The number of pyridine rings is 1. The highest BCUT2D eigenvalue weighted by atomic mass is 19.4. The van der Waals surface area contributed by atoms with Gasteiger partial charge in [0.2, 0.25) is 0 Å². The molecule has 0 spiro atoms. The quantitative estimate of drug-likeness (QED) is 0.644. The van der Waals surface area contributed by atoms with Crippen molar-refractivity contribution in [1.29, 1.82) is 5.26 Å². The average molecular weight is 306 g/mol. The monoisotopic (exact) mass is 306 g/mol. The Labute approximate surface area is 123 Å². The van der Waals surface area contributed by atoms with E-state index in [9.17, 15) is 18.0 Å². The Hall–Kier alpha value is -2.88. The summed E-state index contributed by atoms with van der Waals surface area (Å²) in [6, 6.07) is 10.1. The van der Waals surface area contributed by atoms with E-state index in [1.807, 2.05) is 6.07 Å². The van der Waals surface area contributed by atoms with E-state index in [2.05, 4.69) is 4.98 Å². The van der Waals surface area contributed by atoms with Gasteiger partial charge in [0.25, 0.3) is 0 Å². The number of carbonyl (C=O) groups is 1. The maximum absolute atomic E-state index is 12.8. The third kappa shape index (κ3) is 3.61. The number of esters is 1. The first-order valence-corrected chi connectivity index (χ1v) is 6.12. The van der Waals surface area contributed by atoms with Crippen LogP contribution in [-0.2, 0) is 12.6 Å². The average Bonchev–Trinajstić information content (AvgIpc) is 2.48. The van der Waals surface area contributed by atoms with Crippen LogP contribution < -0.4 is 4.74 Å². The lowest BCUT2D eigenvalue weighted by atomic mass is 10.1. The molecule has 112 valence electrons. The van der Waals surface area contributed by atoms with Crippen LogP contribution in [0.1, 0.15) is 21.6 Å². The summed E-state index contributed by atoms with van der Waals surface area (Å²) in [5.74, 6) is -1.06. The fourth-order valence-corrected chi connectivity index (χ4v) is 1.72. The lowest BCUT2D eigenvalue weighted by Crippen LogP contribution is -2.18. The van der Waals surface area contributed by atoms with Gasteiger partial charge in [0, 0.05) is 6.20 Å². The predicted molar refractivity (Wildman–Crippen MR) is 70.0 cm³/mol. The number of halogens is 3. The number of ether oxygens (including phenoxy) is 1. The van der Waals surface area contributed by atoms with Gasteiger partial charge in [-0.2, -0.15) is 18.4 Å². The lowest BCUT2D eigenvalue weighted by molar-refractivity contribution is -0.141. The van der Waals surface area contributed by atoms with E-state index in [0.717, 1.165) is 12.3 Å². The van der Waals surface area contributed by atoms with Crippen LogP contribution in [0.2, 0.25) is 0 Å². The second-order valence-corrected chi connectivity index (χ2v) is 4.27. The Morgan fingerprint density at radius 1 is 1.23 bits per heavy atom. The topological polar surface area (TPSA) is 63.0 Å². The van der Waals surface area contributed by atoms with E-state index >= 15 is 0 Å². The SMILES string of the molecule is N#CCc1ccc(OC(=O)c2cccnc2C(F)(F)F)cc1. The first kappa shape index (κ1) is 15.5. The molecule has 0 saturated carbocycles. The molecule has 0 bridgehead atoms. The largest absolute Gasteiger partial charge is 0.434 e. The molecule has 0 radical (unpaired) electrons. The van der Waals surface area contributed by atoms with E-state index in [-0.39, 0.29) is 12.2 Å². The van der Waals surface area contributed by atoms with Crippen molar-refractivity contribution in [3.63, 3.8) is 0 Å². The zero-order chi connectivity index (χ0) is 16.2. The molecule has 0 amide bonds. The normalized spacial score (nSPS) is 10.8. The van der Waals surface area contributed by atoms with Gasteiger partial charge in [0.05, 0.1) is 18.1 Å². The zero-order valence-electron chi connectivity index (χ0n) is 11.1. The summed E-state index contributed by atoms with van der Waals surface area (Å²) >= 11 is 0. The van der Waals surface area contributed by atoms with Crippen LogP contribution >= 0.6 is 0 Å². The molecule has 2 rings (SSSR count). The summed E-state index contributed by atoms with van der Waals surface area (Å²) in [7, 11) is 0. The molecule has 0 aliphatic rings. The smallest absolute Gasteiger partial charge is 0.423 e. The van der Waals surface area contributed by atoms with Crippen molar-refractivity contribution < 1.29 is 22.7 Å². The highest BCUT2D eigenvalue weighted by Crippen LogP contribution is 2.30. The van der Waals surface area contributed by atoms with Crippen molar-refractivity contribution in [2.45, 2.75) is 12.6 Å². The predicted octanol–water partition coefficient (Wildman–Crippen LogP) is 3.39. The number of rotatable bonds is 3. The first-order chi connectivity index (χ1) is 10.4. The third-order valence-corrected chi connectivity index (χ3v) is 2.71. The Morgan fingerprint density at radius 2 is 1.91 bits per heavy atom. The number of alkyl halides is 3. The summed E-state index contributed by atoms with van der Waals surface area (Å²) in [5.41, 5.74) is -1.24. The van der Waals surface area contributed by atoms with Gasteiger partial charge in [-0.1, -0.05) is 12.1 Å². The molecule has 1 heterocycles. The van der Waals surface area contributed by atoms with Crippen molar-refractivity contribution in [3.05, 3.63) is 59.4 Å². The van der Waals surface area contributed by atoms with E-state index in [4.69, 9.17) is 10.00 Å². The second kappa shape index (κ2) is 6.26. The van der Waals surface area contributed by atoms with Crippen LogP contribution in [0, 0.1) is 11.3 Å². The summed E-state index contributed by atoms with van der Waals surface area (Å²) in [4.78, 5) is 15.1. The van der Waals surface area contributed by atoms with Gasteiger partial charge in [-0.15, -0.1) is 0 Å². The minimum absolute atomic E-state index is 0.0867. The van der Waals surface area contributed by atoms with Crippen molar-refractivity contribution >= 4 is 5.97 Å². The molecule has 7 heteroatoms. The Balaban J connectivity index is 2.21. The van der Waals surface area contributed by atoms with Gasteiger partial charge >= 0.3 is 12.1 Å². The fourth-order valence-electron chi connectivity index (χ4n) is 1.72. The standard InChI is InChI=1S/C15H9F3N2O2/c16-15(17,18)13-12(2-1-9-20-13)14(21)22-11-5-3-10(4-6-11)7-8-19/h1-6,9H,7H2. The summed E-state index contributed by atoms with van der Waals surface area (Å²) in [6.07, 6.45) is -3.60. The van der Waals surface area contributed by atoms with Crippen LogP contribution in [0.15, 0.2) is 42.6 Å². The number of hydrogen-bond donors (Lipinski definition) is 0. The number of nitriles is 1. The molecule has 1 aromatic carbocycles. The van der Waals surface area contributed by atoms with Crippen molar-refractivity contribution in [2.24, 2.45) is 0 Å². The zero-order valence-corrected chi connectivity index (χ0v) is 11.1. The number of nitrogens with zero attached hydrogens (tertiary/aromatic N) is 2. The number of aromatic nitrogens is 1. The molecule has 0 aliphatic heterocycles. The third-order valence-electron chi connectivity index (χ3n) is 2.71. The molecule has 1 aromatic heterocycles. The van der Waals surface area contributed by atoms with E-state index < -0.39 is 23.4 Å². The number of carbonyl (C=O) groups excluding carboxylic acids is 1. The Bertz CT molecular complexity index is 719.